The van der Waals surface area contributed by atoms with Crippen LogP contribution in [0.15, 0.2) is 4.99 Å². The van der Waals surface area contributed by atoms with E-state index in [0.29, 0.717) is 0 Å². The van der Waals surface area contributed by atoms with E-state index < -0.39 is 10.1 Å². The molecule has 60 valence electrons. The molecule has 10 heavy (non-hydrogen) atoms. The topological polar surface area (TPSA) is 72.8 Å². The molecule has 0 saturated heterocycles. The number of rotatable bonds is 1. The fourth-order valence-electron chi connectivity index (χ4n) is 0. The zero-order chi connectivity index (χ0) is 8.62. The van der Waals surface area contributed by atoms with Crippen molar-refractivity contribution in [2.24, 2.45) is 4.99 Å². The average Bonchev–Trinajstić information content (AvgIpc) is 1.87. The summed E-state index contributed by atoms with van der Waals surface area (Å²) in [6, 6.07) is 0. The van der Waals surface area contributed by atoms with Gasteiger partial charge in [-0.05, 0) is 0 Å². The number of hydrogen-bond acceptors (Lipinski definition) is 5. The van der Waals surface area contributed by atoms with Crippen molar-refractivity contribution in [2.45, 2.75) is 0 Å². The van der Waals surface area contributed by atoms with Crippen molar-refractivity contribution in [3.63, 3.8) is 0 Å². The first-order valence-electron chi connectivity index (χ1n) is 2.19. The highest BCUT2D eigenvalue weighted by Gasteiger charge is 1.90. The number of nitrogens with zero attached hydrogens (tertiary/aromatic N) is 1. The molecule has 0 unspecified atom stereocenters. The first kappa shape index (κ1) is 12.0. The fraction of sp³-hybridized carbons (Fsp3) is 0.750. The highest BCUT2D eigenvalue weighted by atomic mass is 32.2. The minimum absolute atomic E-state index is 0.993. The van der Waals surface area contributed by atoms with Crippen LogP contribution in [0, 0.1) is 0 Å². The van der Waals surface area contributed by atoms with Crippen LogP contribution in [0.4, 0.5) is 0 Å². The number of isocyanates is 1. The van der Waals surface area contributed by atoms with Crippen LogP contribution >= 0.6 is 0 Å². The Hall–Kier alpha value is -0.710. The van der Waals surface area contributed by atoms with Crippen LogP contribution in [0.5, 0.6) is 0 Å². The summed E-state index contributed by atoms with van der Waals surface area (Å²) in [6.45, 7) is 0. The van der Waals surface area contributed by atoms with Gasteiger partial charge in [-0.1, -0.05) is 0 Å². The number of hydrogen-bond donors (Lipinski definition) is 0. The third-order valence-electron chi connectivity index (χ3n) is 0.394. The van der Waals surface area contributed by atoms with Gasteiger partial charge in [-0.25, -0.2) is 9.79 Å². The van der Waals surface area contributed by atoms with E-state index >= 15 is 0 Å². The molecular formula is C4H9NO4S. The maximum Gasteiger partial charge on any atom is 0.264 e. The molecule has 5 nitrogen and oxygen atoms in total. The molecule has 0 bridgehead atoms. The molecule has 0 N–H and O–H groups in total. The van der Waals surface area contributed by atoms with Gasteiger partial charge in [0, 0.05) is 7.05 Å². The quantitative estimate of drug-likeness (QED) is 0.301. The van der Waals surface area contributed by atoms with E-state index in [2.05, 4.69) is 9.18 Å². The van der Waals surface area contributed by atoms with Crippen LogP contribution in [0.2, 0.25) is 0 Å². The van der Waals surface area contributed by atoms with E-state index in [-0.39, 0.29) is 0 Å². The Labute approximate surface area is 59.8 Å². The third-order valence-corrected chi connectivity index (χ3v) is 1.000. The van der Waals surface area contributed by atoms with Gasteiger partial charge in [0.15, 0.2) is 0 Å². The third kappa shape index (κ3) is 26.6. The van der Waals surface area contributed by atoms with Gasteiger partial charge in [-0.15, -0.1) is 0 Å². The van der Waals surface area contributed by atoms with Crippen LogP contribution < -0.4 is 0 Å². The van der Waals surface area contributed by atoms with Gasteiger partial charge in [-0.2, -0.15) is 8.42 Å². The van der Waals surface area contributed by atoms with E-state index in [1.54, 1.807) is 0 Å². The Morgan fingerprint density at radius 1 is 1.50 bits per heavy atom. The summed E-state index contributed by atoms with van der Waals surface area (Å²) in [7, 11) is -0.660. The molecule has 0 saturated carbocycles. The maximum atomic E-state index is 9.78. The van der Waals surface area contributed by atoms with Gasteiger partial charge in [-0.3, -0.25) is 4.18 Å². The molecule has 0 aliphatic rings. The summed E-state index contributed by atoms with van der Waals surface area (Å²) in [5.41, 5.74) is 0. The lowest BCUT2D eigenvalue weighted by atomic mass is 11.4. The van der Waals surface area contributed by atoms with Crippen LogP contribution in [0.1, 0.15) is 0 Å². The van der Waals surface area contributed by atoms with Crippen molar-refractivity contribution in [1.82, 2.24) is 0 Å². The van der Waals surface area contributed by atoms with Crippen LogP contribution in [0.3, 0.4) is 0 Å². The Morgan fingerprint density at radius 2 is 1.70 bits per heavy atom. The van der Waals surface area contributed by atoms with Crippen LogP contribution in [0.25, 0.3) is 0 Å². The number of carbonyl (C=O) groups excluding carboxylic acids is 1. The molecule has 0 amide bonds. The van der Waals surface area contributed by atoms with Crippen LogP contribution in [-0.2, 0) is 19.1 Å². The van der Waals surface area contributed by atoms with E-state index in [9.17, 15) is 8.42 Å². The summed E-state index contributed by atoms with van der Waals surface area (Å²) >= 11 is 0. The lowest BCUT2D eigenvalue weighted by Gasteiger charge is -1.84. The van der Waals surface area contributed by atoms with E-state index in [1.807, 2.05) is 0 Å². The van der Waals surface area contributed by atoms with Crippen molar-refractivity contribution in [3.8, 4) is 0 Å². The smallest absolute Gasteiger partial charge is 0.264 e. The number of aliphatic imine (C=N–C) groups is 1. The Bertz CT molecular complexity index is 201. The summed E-state index contributed by atoms with van der Waals surface area (Å²) in [4.78, 5) is 11.8. The van der Waals surface area contributed by atoms with Gasteiger partial charge in [0.05, 0.1) is 13.4 Å². The minimum Gasteiger partial charge on any atom is -0.274 e. The SMILES string of the molecule is CN=C=O.COS(C)(=O)=O. The molecule has 0 aliphatic heterocycles. The van der Waals surface area contributed by atoms with Crippen molar-refractivity contribution < 1.29 is 17.4 Å². The summed E-state index contributed by atoms with van der Waals surface area (Å²) in [5, 5.41) is 0. The molecule has 6 heteroatoms. The van der Waals surface area contributed by atoms with Crippen molar-refractivity contribution in [1.29, 1.82) is 0 Å². The molecule has 0 radical (unpaired) electrons. The van der Waals surface area contributed by atoms with Crippen molar-refractivity contribution in [3.05, 3.63) is 0 Å². The molecule has 0 heterocycles. The molecular weight excluding hydrogens is 158 g/mol. The predicted molar refractivity (Wildman–Crippen MR) is 35.9 cm³/mol. The average molecular weight is 167 g/mol. The highest BCUT2D eigenvalue weighted by Crippen LogP contribution is 1.75. The normalized spacial score (nSPS) is 8.70. The Morgan fingerprint density at radius 3 is 1.70 bits per heavy atom. The van der Waals surface area contributed by atoms with Gasteiger partial charge >= 0.3 is 0 Å². The van der Waals surface area contributed by atoms with Gasteiger partial charge in [0.2, 0.25) is 6.08 Å². The van der Waals surface area contributed by atoms with Crippen LogP contribution in [-0.4, -0.2) is 34.9 Å². The molecule has 0 aromatic carbocycles. The summed E-state index contributed by atoms with van der Waals surface area (Å²) < 4.78 is 23.5. The van der Waals surface area contributed by atoms with E-state index in [1.165, 1.54) is 13.1 Å². The zero-order valence-corrected chi connectivity index (χ0v) is 6.80. The summed E-state index contributed by atoms with van der Waals surface area (Å²) in [5.74, 6) is 0. The van der Waals surface area contributed by atoms with Crippen molar-refractivity contribution >= 4 is 16.2 Å². The van der Waals surface area contributed by atoms with Gasteiger partial charge < -0.3 is 0 Å². The second kappa shape index (κ2) is 6.41. The molecule has 0 aliphatic carbocycles. The minimum atomic E-state index is -3.16. The van der Waals surface area contributed by atoms with Gasteiger partial charge in [0.25, 0.3) is 10.1 Å². The second-order valence-electron chi connectivity index (χ2n) is 1.19. The molecule has 0 spiro atoms. The molecule has 0 aromatic rings. The highest BCUT2D eigenvalue weighted by molar-refractivity contribution is 7.85. The zero-order valence-electron chi connectivity index (χ0n) is 5.99. The predicted octanol–water partition coefficient (Wildman–Crippen LogP) is -0.456. The molecule has 0 atom stereocenters. The second-order valence-corrected chi connectivity index (χ2v) is 2.93. The van der Waals surface area contributed by atoms with Gasteiger partial charge in [0.1, 0.15) is 0 Å². The first-order chi connectivity index (χ1) is 4.47. The molecule has 0 aromatic heterocycles. The molecule has 0 fully saturated rings. The van der Waals surface area contributed by atoms with E-state index in [0.717, 1.165) is 13.4 Å². The standard InChI is InChI=1S/C2H3NO.C2H6O3S/c1-3-2-4;1-5-6(2,3)4/h1H3;1-2H3. The largest absolute Gasteiger partial charge is 0.274 e. The molecule has 0 rings (SSSR count). The fourth-order valence-corrected chi connectivity index (χ4v) is 0. The maximum absolute atomic E-state index is 9.78. The van der Waals surface area contributed by atoms with Crippen molar-refractivity contribution in [2.75, 3.05) is 20.4 Å². The Kier molecular flexibility index (Phi) is 7.70. The summed E-state index contributed by atoms with van der Waals surface area (Å²) in [6.07, 6.45) is 2.30. The first-order valence-corrected chi connectivity index (χ1v) is 4.01. The Balaban J connectivity index is 0. The lowest BCUT2D eigenvalue weighted by molar-refractivity contribution is 0.403. The van der Waals surface area contributed by atoms with E-state index in [4.69, 9.17) is 4.79 Å². The lowest BCUT2D eigenvalue weighted by Crippen LogP contribution is -1.95. The monoisotopic (exact) mass is 167 g/mol.